The highest BCUT2D eigenvalue weighted by Gasteiger charge is 2.18. The average molecular weight is 356 g/mol. The number of rotatable bonds is 7. The summed E-state index contributed by atoms with van der Waals surface area (Å²) in [5, 5.41) is 10.8. The predicted octanol–water partition coefficient (Wildman–Crippen LogP) is 2.39. The molecule has 1 aliphatic carbocycles. The lowest BCUT2D eigenvalue weighted by Gasteiger charge is -2.15. The molecule has 3 rings (SSSR count). The summed E-state index contributed by atoms with van der Waals surface area (Å²) in [6, 6.07) is 5.96. The molecule has 7 nitrogen and oxygen atoms in total. The van der Waals surface area contributed by atoms with E-state index in [1.54, 1.807) is 12.4 Å². The standard InChI is InChI=1S/C19H28N6O/c1-3-20-19(23-14-16-10-12-24-25(16)2)22-13-15-7-6-11-21-18(15)26-17-8-4-5-9-17/h6-7,10-12,17H,3-5,8-9,13-14H2,1-2H3,(H2,20,22,23). The number of aromatic nitrogens is 3. The smallest absolute Gasteiger partial charge is 0.218 e. The molecule has 0 atom stereocenters. The topological polar surface area (TPSA) is 76.4 Å². The summed E-state index contributed by atoms with van der Waals surface area (Å²) in [7, 11) is 1.93. The van der Waals surface area contributed by atoms with Gasteiger partial charge in [-0.05, 0) is 44.7 Å². The molecule has 0 spiro atoms. The zero-order valence-electron chi connectivity index (χ0n) is 15.6. The molecule has 2 N–H and O–H groups in total. The van der Waals surface area contributed by atoms with Crippen molar-refractivity contribution in [1.82, 2.24) is 25.4 Å². The number of pyridine rings is 1. The summed E-state index contributed by atoms with van der Waals surface area (Å²) in [5.74, 6) is 1.48. The van der Waals surface area contributed by atoms with Gasteiger partial charge < -0.3 is 15.4 Å². The molecule has 2 aromatic heterocycles. The van der Waals surface area contributed by atoms with E-state index in [1.165, 1.54) is 12.8 Å². The van der Waals surface area contributed by atoms with Gasteiger partial charge in [0, 0.05) is 31.5 Å². The first-order valence-electron chi connectivity index (χ1n) is 9.36. The molecule has 0 saturated heterocycles. The highest BCUT2D eigenvalue weighted by atomic mass is 16.5. The van der Waals surface area contributed by atoms with E-state index in [9.17, 15) is 0 Å². The van der Waals surface area contributed by atoms with E-state index >= 15 is 0 Å². The van der Waals surface area contributed by atoms with Crippen LogP contribution in [0.2, 0.25) is 0 Å². The maximum absolute atomic E-state index is 6.10. The van der Waals surface area contributed by atoms with Crippen LogP contribution in [0.1, 0.15) is 43.9 Å². The minimum atomic E-state index is 0.295. The lowest BCUT2D eigenvalue weighted by atomic mass is 10.2. The Hall–Kier alpha value is -2.57. The minimum absolute atomic E-state index is 0.295. The molecule has 26 heavy (non-hydrogen) atoms. The Morgan fingerprint density at radius 1 is 1.27 bits per heavy atom. The summed E-state index contributed by atoms with van der Waals surface area (Å²) in [4.78, 5) is 9.11. The first-order valence-corrected chi connectivity index (χ1v) is 9.36. The molecule has 0 unspecified atom stereocenters. The Morgan fingerprint density at radius 2 is 2.12 bits per heavy atom. The Labute approximate surface area is 154 Å². The maximum atomic E-state index is 6.10. The normalized spacial score (nSPS) is 15.2. The van der Waals surface area contributed by atoms with Crippen LogP contribution >= 0.6 is 0 Å². The molecule has 1 aliphatic rings. The van der Waals surface area contributed by atoms with Gasteiger partial charge in [-0.15, -0.1) is 0 Å². The third-order valence-electron chi connectivity index (χ3n) is 4.54. The van der Waals surface area contributed by atoms with Gasteiger partial charge in [-0.25, -0.2) is 9.98 Å². The number of guanidine groups is 1. The van der Waals surface area contributed by atoms with Gasteiger partial charge in [0.05, 0.1) is 18.8 Å². The van der Waals surface area contributed by atoms with Crippen molar-refractivity contribution in [3.8, 4) is 5.88 Å². The number of hydrogen-bond acceptors (Lipinski definition) is 4. The highest BCUT2D eigenvalue weighted by molar-refractivity contribution is 5.79. The van der Waals surface area contributed by atoms with Gasteiger partial charge >= 0.3 is 0 Å². The number of ether oxygens (including phenoxy) is 1. The van der Waals surface area contributed by atoms with E-state index in [4.69, 9.17) is 9.73 Å². The van der Waals surface area contributed by atoms with Crippen molar-refractivity contribution in [3.63, 3.8) is 0 Å². The quantitative estimate of drug-likeness (QED) is 0.588. The summed E-state index contributed by atoms with van der Waals surface area (Å²) in [6.45, 7) is 4.05. The van der Waals surface area contributed by atoms with Crippen LogP contribution in [0.4, 0.5) is 0 Å². The molecule has 0 bridgehead atoms. The van der Waals surface area contributed by atoms with Gasteiger partial charge in [-0.2, -0.15) is 5.10 Å². The Balaban J connectivity index is 1.64. The Bertz CT molecular complexity index is 720. The first kappa shape index (κ1) is 18.2. The van der Waals surface area contributed by atoms with Gasteiger partial charge in [-0.1, -0.05) is 6.07 Å². The molecule has 1 fully saturated rings. The van der Waals surface area contributed by atoms with Crippen LogP contribution in [0, 0.1) is 0 Å². The van der Waals surface area contributed by atoms with E-state index in [1.807, 2.05) is 29.9 Å². The van der Waals surface area contributed by atoms with E-state index in [0.717, 1.165) is 36.6 Å². The third kappa shape index (κ3) is 4.97. The minimum Gasteiger partial charge on any atom is -0.474 e. The van der Waals surface area contributed by atoms with Crippen LogP contribution in [0.5, 0.6) is 5.88 Å². The van der Waals surface area contributed by atoms with E-state index in [2.05, 4.69) is 27.6 Å². The monoisotopic (exact) mass is 356 g/mol. The van der Waals surface area contributed by atoms with Crippen molar-refractivity contribution in [1.29, 1.82) is 0 Å². The number of aliphatic imine (C=N–C) groups is 1. The van der Waals surface area contributed by atoms with Gasteiger partial charge in [0.2, 0.25) is 5.88 Å². The summed E-state index contributed by atoms with van der Waals surface area (Å²) in [6.07, 6.45) is 8.60. The molecule has 0 radical (unpaired) electrons. The Kier molecular flexibility index (Phi) is 6.46. The van der Waals surface area contributed by atoms with Crippen LogP contribution in [0.15, 0.2) is 35.6 Å². The van der Waals surface area contributed by atoms with Crippen molar-refractivity contribution < 1.29 is 4.74 Å². The van der Waals surface area contributed by atoms with Crippen molar-refractivity contribution in [3.05, 3.63) is 41.9 Å². The predicted molar refractivity (Wildman–Crippen MR) is 102 cm³/mol. The number of aryl methyl sites for hydroxylation is 1. The molecule has 2 aromatic rings. The molecule has 0 aliphatic heterocycles. The van der Waals surface area contributed by atoms with Crippen LogP contribution in [-0.4, -0.2) is 33.4 Å². The zero-order chi connectivity index (χ0) is 18.2. The van der Waals surface area contributed by atoms with Crippen LogP contribution in [-0.2, 0) is 20.1 Å². The van der Waals surface area contributed by atoms with Gasteiger partial charge in [-0.3, -0.25) is 4.68 Å². The fourth-order valence-corrected chi connectivity index (χ4v) is 3.07. The zero-order valence-corrected chi connectivity index (χ0v) is 15.6. The van der Waals surface area contributed by atoms with E-state index < -0.39 is 0 Å². The fraction of sp³-hybridized carbons (Fsp3) is 0.526. The van der Waals surface area contributed by atoms with Crippen LogP contribution in [0.3, 0.4) is 0 Å². The van der Waals surface area contributed by atoms with Crippen LogP contribution in [0.25, 0.3) is 0 Å². The van der Waals surface area contributed by atoms with E-state index in [-0.39, 0.29) is 0 Å². The van der Waals surface area contributed by atoms with Crippen molar-refractivity contribution in [2.75, 3.05) is 6.54 Å². The summed E-state index contributed by atoms with van der Waals surface area (Å²) >= 11 is 0. The highest BCUT2D eigenvalue weighted by Crippen LogP contribution is 2.25. The summed E-state index contributed by atoms with van der Waals surface area (Å²) in [5.41, 5.74) is 2.11. The van der Waals surface area contributed by atoms with E-state index in [0.29, 0.717) is 25.1 Å². The molecular formula is C19H28N6O. The number of nitrogens with one attached hydrogen (secondary N) is 2. The fourth-order valence-electron chi connectivity index (χ4n) is 3.07. The molecule has 0 aromatic carbocycles. The molecule has 2 heterocycles. The van der Waals surface area contributed by atoms with Crippen molar-refractivity contribution >= 4 is 5.96 Å². The largest absolute Gasteiger partial charge is 0.474 e. The second-order valence-corrected chi connectivity index (χ2v) is 6.49. The molecule has 0 amide bonds. The third-order valence-corrected chi connectivity index (χ3v) is 4.54. The SMILES string of the molecule is CCNC(=NCc1cccnc1OC1CCCC1)NCc1ccnn1C. The average Bonchev–Trinajstić information content (AvgIpc) is 3.30. The second kappa shape index (κ2) is 9.22. The first-order chi connectivity index (χ1) is 12.8. The van der Waals surface area contributed by atoms with Crippen molar-refractivity contribution in [2.24, 2.45) is 12.0 Å². The van der Waals surface area contributed by atoms with Gasteiger partial charge in [0.15, 0.2) is 5.96 Å². The molecule has 7 heteroatoms. The second-order valence-electron chi connectivity index (χ2n) is 6.49. The molecule has 140 valence electrons. The Morgan fingerprint density at radius 3 is 2.85 bits per heavy atom. The lowest BCUT2D eigenvalue weighted by Crippen LogP contribution is -2.37. The molecule has 1 saturated carbocycles. The molecular weight excluding hydrogens is 328 g/mol. The lowest BCUT2D eigenvalue weighted by molar-refractivity contribution is 0.199. The maximum Gasteiger partial charge on any atom is 0.218 e. The van der Waals surface area contributed by atoms with Crippen molar-refractivity contribution in [2.45, 2.75) is 51.8 Å². The summed E-state index contributed by atoms with van der Waals surface area (Å²) < 4.78 is 7.95. The van der Waals surface area contributed by atoms with Gasteiger partial charge in [0.1, 0.15) is 6.10 Å². The van der Waals surface area contributed by atoms with Crippen LogP contribution < -0.4 is 15.4 Å². The number of hydrogen-bond donors (Lipinski definition) is 2. The van der Waals surface area contributed by atoms with Gasteiger partial charge in [0.25, 0.3) is 0 Å². The number of nitrogens with zero attached hydrogens (tertiary/aromatic N) is 4.